The molecule has 0 aliphatic heterocycles. The van der Waals surface area contributed by atoms with Crippen LogP contribution in [0.3, 0.4) is 0 Å². The third kappa shape index (κ3) is 2.37. The van der Waals surface area contributed by atoms with Gasteiger partial charge in [0.05, 0.1) is 11.5 Å². The number of benzene rings is 1. The van der Waals surface area contributed by atoms with Crippen LogP contribution in [-0.4, -0.2) is 5.11 Å². The van der Waals surface area contributed by atoms with Crippen molar-refractivity contribution in [3.63, 3.8) is 0 Å². The molecular weight excluding hydrogens is 278 g/mol. The molecule has 1 aliphatic rings. The first kappa shape index (κ1) is 14.6. The smallest absolute Gasteiger partial charge is 0.114 e. The highest BCUT2D eigenvalue weighted by molar-refractivity contribution is 7.19. The van der Waals surface area contributed by atoms with Crippen LogP contribution in [0, 0.1) is 16.7 Å². The summed E-state index contributed by atoms with van der Waals surface area (Å²) in [5.74, 6) is 0. The summed E-state index contributed by atoms with van der Waals surface area (Å²) >= 11 is 1.62. The molecule has 1 aliphatic carbocycles. The van der Waals surface area contributed by atoms with Crippen LogP contribution in [0.25, 0.3) is 10.1 Å². The lowest BCUT2D eigenvalue weighted by Gasteiger charge is -2.39. The summed E-state index contributed by atoms with van der Waals surface area (Å²) in [4.78, 5) is 0.923. The van der Waals surface area contributed by atoms with Crippen LogP contribution in [0.2, 0.25) is 0 Å². The lowest BCUT2D eigenvalue weighted by atomic mass is 9.68. The second-order valence-corrected chi connectivity index (χ2v) is 7.41. The molecule has 1 aromatic heterocycles. The minimum Gasteiger partial charge on any atom is -0.383 e. The number of hydrogen-bond donors (Lipinski definition) is 1. The molecule has 1 saturated carbocycles. The summed E-state index contributed by atoms with van der Waals surface area (Å²) in [5.41, 5.74) is -1.72. The molecule has 1 heterocycles. The monoisotopic (exact) mass is 299 g/mol. The van der Waals surface area contributed by atoms with Gasteiger partial charge in [0.25, 0.3) is 0 Å². The fourth-order valence-corrected chi connectivity index (χ4v) is 4.71. The Morgan fingerprint density at radius 2 is 1.86 bits per heavy atom. The standard InChI is InChI=1S/C18H21NOS/c1-17(20,18(13-19)10-6-2-3-7-11-18)16-12-14-8-4-5-9-15(14)21-16/h4-5,8-9,12,20H,2-3,6-7,10-11H2,1H3. The number of nitriles is 1. The van der Waals surface area contributed by atoms with Crippen LogP contribution in [0.4, 0.5) is 0 Å². The fraction of sp³-hybridized carbons (Fsp3) is 0.500. The van der Waals surface area contributed by atoms with E-state index >= 15 is 0 Å². The number of nitrogens with zero attached hydrogens (tertiary/aromatic N) is 1. The summed E-state index contributed by atoms with van der Waals surface area (Å²) in [5, 5.41) is 22.3. The van der Waals surface area contributed by atoms with Gasteiger partial charge in [-0.05, 0) is 37.3 Å². The third-order valence-corrected chi connectivity index (χ3v) is 6.34. The van der Waals surface area contributed by atoms with E-state index in [1.807, 2.05) is 19.1 Å². The van der Waals surface area contributed by atoms with E-state index in [1.165, 1.54) is 17.5 Å². The van der Waals surface area contributed by atoms with E-state index in [1.54, 1.807) is 11.3 Å². The number of thiophene rings is 1. The van der Waals surface area contributed by atoms with Gasteiger partial charge in [0.2, 0.25) is 0 Å². The molecule has 1 fully saturated rings. The molecule has 3 heteroatoms. The molecule has 110 valence electrons. The Balaban J connectivity index is 2.06. The van der Waals surface area contributed by atoms with Gasteiger partial charge in [-0.2, -0.15) is 5.26 Å². The average molecular weight is 299 g/mol. The summed E-state index contributed by atoms with van der Waals surface area (Å²) in [6, 6.07) is 12.7. The molecule has 1 atom stereocenters. The van der Waals surface area contributed by atoms with Crippen LogP contribution in [0.5, 0.6) is 0 Å². The van der Waals surface area contributed by atoms with Gasteiger partial charge < -0.3 is 5.11 Å². The van der Waals surface area contributed by atoms with Crippen molar-refractivity contribution in [2.45, 2.75) is 51.0 Å². The zero-order chi connectivity index (χ0) is 14.9. The Hall–Kier alpha value is -1.37. The predicted octanol–water partition coefficient (Wildman–Crippen LogP) is 4.97. The average Bonchev–Trinajstić information content (AvgIpc) is 2.78. The van der Waals surface area contributed by atoms with Crippen LogP contribution < -0.4 is 0 Å². The van der Waals surface area contributed by atoms with Gasteiger partial charge in [-0.15, -0.1) is 11.3 Å². The molecule has 2 nitrogen and oxygen atoms in total. The van der Waals surface area contributed by atoms with Gasteiger partial charge in [0, 0.05) is 9.58 Å². The fourth-order valence-electron chi connectivity index (χ4n) is 3.50. The summed E-state index contributed by atoms with van der Waals surface area (Å²) in [6.07, 6.45) is 6.01. The van der Waals surface area contributed by atoms with E-state index in [0.29, 0.717) is 0 Å². The number of hydrogen-bond acceptors (Lipinski definition) is 3. The minimum absolute atomic E-state index is 0.648. The van der Waals surface area contributed by atoms with E-state index in [9.17, 15) is 10.4 Å². The van der Waals surface area contributed by atoms with Crippen LogP contribution in [-0.2, 0) is 5.60 Å². The first-order chi connectivity index (χ1) is 10.1. The topological polar surface area (TPSA) is 44.0 Å². The lowest BCUT2D eigenvalue weighted by molar-refractivity contribution is -0.0502. The number of fused-ring (bicyclic) bond motifs is 1. The van der Waals surface area contributed by atoms with Crippen molar-refractivity contribution in [3.05, 3.63) is 35.2 Å². The Morgan fingerprint density at radius 3 is 2.48 bits per heavy atom. The van der Waals surface area contributed by atoms with Crippen molar-refractivity contribution >= 4 is 21.4 Å². The van der Waals surface area contributed by atoms with E-state index in [-0.39, 0.29) is 0 Å². The minimum atomic E-state index is -1.07. The largest absolute Gasteiger partial charge is 0.383 e. The second-order valence-electron chi connectivity index (χ2n) is 6.33. The third-order valence-electron chi connectivity index (χ3n) is 5.01. The predicted molar refractivity (Wildman–Crippen MR) is 87.1 cm³/mol. The molecule has 0 spiro atoms. The van der Waals surface area contributed by atoms with Crippen LogP contribution >= 0.6 is 11.3 Å². The van der Waals surface area contributed by atoms with E-state index in [2.05, 4.69) is 24.3 Å². The SMILES string of the molecule is CC(O)(c1cc2ccccc2s1)C1(C#N)CCCCCC1. The highest BCUT2D eigenvalue weighted by atomic mass is 32.1. The maximum absolute atomic E-state index is 11.3. The lowest BCUT2D eigenvalue weighted by Crippen LogP contribution is -2.41. The quantitative estimate of drug-likeness (QED) is 0.795. The van der Waals surface area contributed by atoms with Gasteiger partial charge >= 0.3 is 0 Å². The molecule has 0 bridgehead atoms. The van der Waals surface area contributed by atoms with Crippen molar-refractivity contribution < 1.29 is 5.11 Å². The van der Waals surface area contributed by atoms with Crippen molar-refractivity contribution in [2.75, 3.05) is 0 Å². The Labute approximate surface area is 130 Å². The molecule has 0 saturated heterocycles. The molecule has 0 amide bonds. The molecular formula is C18H21NOS. The van der Waals surface area contributed by atoms with Crippen molar-refractivity contribution in [1.29, 1.82) is 5.26 Å². The van der Waals surface area contributed by atoms with Gasteiger partial charge in [-0.3, -0.25) is 0 Å². The number of aliphatic hydroxyl groups is 1. The van der Waals surface area contributed by atoms with Crippen molar-refractivity contribution in [3.8, 4) is 6.07 Å². The van der Waals surface area contributed by atoms with Crippen molar-refractivity contribution in [2.24, 2.45) is 5.41 Å². The van der Waals surface area contributed by atoms with Crippen molar-refractivity contribution in [1.82, 2.24) is 0 Å². The van der Waals surface area contributed by atoms with Gasteiger partial charge in [0.15, 0.2) is 0 Å². The Morgan fingerprint density at radius 1 is 1.19 bits per heavy atom. The maximum atomic E-state index is 11.3. The zero-order valence-corrected chi connectivity index (χ0v) is 13.2. The summed E-state index contributed by atoms with van der Waals surface area (Å²) < 4.78 is 1.18. The molecule has 1 N–H and O–H groups in total. The highest BCUT2D eigenvalue weighted by Gasteiger charge is 2.49. The molecule has 2 aromatic rings. The van der Waals surface area contributed by atoms with E-state index in [4.69, 9.17) is 0 Å². The van der Waals surface area contributed by atoms with Gasteiger partial charge in [-0.25, -0.2) is 0 Å². The molecule has 0 radical (unpaired) electrons. The van der Waals surface area contributed by atoms with Crippen LogP contribution in [0.1, 0.15) is 50.3 Å². The van der Waals surface area contributed by atoms with Gasteiger partial charge in [-0.1, -0.05) is 43.9 Å². The Kier molecular flexibility index (Phi) is 3.77. The highest BCUT2D eigenvalue weighted by Crippen LogP contribution is 2.50. The molecule has 1 aromatic carbocycles. The van der Waals surface area contributed by atoms with Gasteiger partial charge in [0.1, 0.15) is 5.60 Å². The Bertz CT molecular complexity index is 639. The first-order valence-electron chi connectivity index (χ1n) is 7.72. The van der Waals surface area contributed by atoms with E-state index in [0.717, 1.165) is 35.9 Å². The maximum Gasteiger partial charge on any atom is 0.114 e. The second kappa shape index (κ2) is 5.44. The van der Waals surface area contributed by atoms with E-state index < -0.39 is 11.0 Å². The normalized spacial score (nSPS) is 21.4. The first-order valence-corrected chi connectivity index (χ1v) is 8.53. The molecule has 3 rings (SSSR count). The molecule has 21 heavy (non-hydrogen) atoms. The number of rotatable bonds is 2. The molecule has 1 unspecified atom stereocenters. The summed E-state index contributed by atoms with van der Waals surface area (Å²) in [6.45, 7) is 1.84. The summed E-state index contributed by atoms with van der Waals surface area (Å²) in [7, 11) is 0. The van der Waals surface area contributed by atoms with Crippen LogP contribution in [0.15, 0.2) is 30.3 Å². The zero-order valence-electron chi connectivity index (χ0n) is 12.4.